The number of carbonyl (C=O) groups is 1. The first-order chi connectivity index (χ1) is 7.47. The number of hydrogen-bond acceptors (Lipinski definition) is 4. The van der Waals surface area contributed by atoms with Crippen molar-refractivity contribution < 1.29 is 14.6 Å². The molecule has 90 valence electrons. The van der Waals surface area contributed by atoms with E-state index in [4.69, 9.17) is 10.3 Å². The zero-order chi connectivity index (χ0) is 12.3. The van der Waals surface area contributed by atoms with Gasteiger partial charge in [0, 0.05) is 17.8 Å². The summed E-state index contributed by atoms with van der Waals surface area (Å²) in [6.45, 7) is 5.00. The van der Waals surface area contributed by atoms with Crippen molar-refractivity contribution in [2.45, 2.75) is 45.4 Å². The maximum atomic E-state index is 11.0. The van der Waals surface area contributed by atoms with Gasteiger partial charge in [0.15, 0.2) is 0 Å². The number of hydrogen-bond donors (Lipinski definition) is 1. The van der Waals surface area contributed by atoms with Crippen molar-refractivity contribution in [2.75, 3.05) is 0 Å². The average Bonchev–Trinajstić information content (AvgIpc) is 2.21. The summed E-state index contributed by atoms with van der Waals surface area (Å²) >= 11 is 0. The number of carbonyl (C=O) groups excluding carboxylic acids is 1. The highest BCUT2D eigenvalue weighted by Crippen LogP contribution is 2.33. The Hall–Kier alpha value is -1.26. The molecule has 0 radical (unpaired) electrons. The molecule has 6 heteroatoms. The first-order valence-corrected chi connectivity index (χ1v) is 5.36. The van der Waals surface area contributed by atoms with Crippen LogP contribution in [0.15, 0.2) is 5.11 Å². The zero-order valence-corrected chi connectivity index (χ0v) is 9.70. The van der Waals surface area contributed by atoms with E-state index in [1.165, 1.54) is 6.92 Å². The number of azide groups is 1. The van der Waals surface area contributed by atoms with Gasteiger partial charge in [0.25, 0.3) is 0 Å². The van der Waals surface area contributed by atoms with Crippen LogP contribution < -0.4 is 0 Å². The molecule has 0 aliphatic heterocycles. The minimum absolute atomic E-state index is 0.0392. The van der Waals surface area contributed by atoms with Gasteiger partial charge in [0.1, 0.15) is 6.10 Å². The second-order valence-corrected chi connectivity index (χ2v) is 4.41. The molecule has 0 saturated heterocycles. The summed E-state index contributed by atoms with van der Waals surface area (Å²) in [5.41, 5.74) is 8.46. The van der Waals surface area contributed by atoms with E-state index < -0.39 is 18.2 Å². The summed E-state index contributed by atoms with van der Waals surface area (Å²) in [5.74, 6) is -0.600. The van der Waals surface area contributed by atoms with Crippen LogP contribution >= 0.6 is 0 Å². The molecule has 5 atom stereocenters. The molecule has 0 bridgehead atoms. The monoisotopic (exact) mass is 227 g/mol. The van der Waals surface area contributed by atoms with Crippen LogP contribution in [-0.2, 0) is 9.53 Å². The lowest BCUT2D eigenvalue weighted by Crippen LogP contribution is -2.48. The molecule has 0 aromatic rings. The van der Waals surface area contributed by atoms with Crippen LogP contribution in [0.4, 0.5) is 0 Å². The number of aliphatic hydroxyl groups is 1. The molecule has 16 heavy (non-hydrogen) atoms. The summed E-state index contributed by atoms with van der Waals surface area (Å²) in [4.78, 5) is 13.7. The number of nitrogens with zero attached hydrogens (tertiary/aromatic N) is 3. The van der Waals surface area contributed by atoms with Crippen molar-refractivity contribution in [1.29, 1.82) is 0 Å². The summed E-state index contributed by atoms with van der Waals surface area (Å²) in [5, 5.41) is 13.5. The lowest BCUT2D eigenvalue weighted by atomic mass is 9.76. The molecule has 0 heterocycles. The Bertz CT molecular complexity index is 314. The topological polar surface area (TPSA) is 95.3 Å². The first-order valence-electron chi connectivity index (χ1n) is 5.36. The zero-order valence-electron chi connectivity index (χ0n) is 9.70. The highest BCUT2D eigenvalue weighted by atomic mass is 16.5. The SMILES string of the molecule is CC(=O)O[C@H]1C(N=[N+]=[N-])C[C@H](C)[C@@H](O)[C@@H]1C. The number of rotatable bonds is 2. The van der Waals surface area contributed by atoms with Crippen LogP contribution in [0, 0.1) is 11.8 Å². The van der Waals surface area contributed by atoms with Gasteiger partial charge in [-0.2, -0.15) is 0 Å². The summed E-state index contributed by atoms with van der Waals surface area (Å²) in [7, 11) is 0. The van der Waals surface area contributed by atoms with E-state index in [9.17, 15) is 9.90 Å². The third-order valence-corrected chi connectivity index (χ3v) is 3.13. The van der Waals surface area contributed by atoms with Crippen molar-refractivity contribution in [3.8, 4) is 0 Å². The molecule has 0 amide bonds. The Morgan fingerprint density at radius 3 is 2.69 bits per heavy atom. The lowest BCUT2D eigenvalue weighted by molar-refractivity contribution is -0.157. The van der Waals surface area contributed by atoms with Gasteiger partial charge < -0.3 is 9.84 Å². The van der Waals surface area contributed by atoms with Gasteiger partial charge in [-0.25, -0.2) is 0 Å². The van der Waals surface area contributed by atoms with Gasteiger partial charge in [-0.15, -0.1) is 0 Å². The fourth-order valence-corrected chi connectivity index (χ4v) is 2.27. The van der Waals surface area contributed by atoms with Crippen molar-refractivity contribution in [1.82, 2.24) is 0 Å². The van der Waals surface area contributed by atoms with Crippen molar-refractivity contribution in [3.05, 3.63) is 10.4 Å². The highest BCUT2D eigenvalue weighted by molar-refractivity contribution is 5.66. The first kappa shape index (κ1) is 12.8. The molecule has 0 aromatic heterocycles. The van der Waals surface area contributed by atoms with Crippen molar-refractivity contribution >= 4 is 5.97 Å². The molecule has 1 rings (SSSR count). The molecule has 6 nitrogen and oxygen atoms in total. The van der Waals surface area contributed by atoms with Crippen LogP contribution in [0.2, 0.25) is 0 Å². The molecule has 0 aromatic carbocycles. The normalized spacial score (nSPS) is 38.6. The smallest absolute Gasteiger partial charge is 0.302 e. The minimum Gasteiger partial charge on any atom is -0.462 e. The molecule has 1 aliphatic rings. The molecule has 1 N–H and O–H groups in total. The Kier molecular flexibility index (Phi) is 4.15. The number of esters is 1. The lowest BCUT2D eigenvalue weighted by Gasteiger charge is -2.40. The van der Waals surface area contributed by atoms with Gasteiger partial charge in [-0.3, -0.25) is 4.79 Å². The third kappa shape index (κ3) is 2.65. The summed E-state index contributed by atoms with van der Waals surface area (Å²) in [6.07, 6.45) is -0.526. The van der Waals surface area contributed by atoms with E-state index in [0.29, 0.717) is 6.42 Å². The van der Waals surface area contributed by atoms with Crippen LogP contribution in [0.1, 0.15) is 27.2 Å². The van der Waals surface area contributed by atoms with E-state index in [2.05, 4.69) is 10.0 Å². The van der Waals surface area contributed by atoms with Crippen LogP contribution in [0.5, 0.6) is 0 Å². The van der Waals surface area contributed by atoms with Crippen LogP contribution in [0.3, 0.4) is 0 Å². The summed E-state index contributed by atoms with van der Waals surface area (Å²) < 4.78 is 5.12. The van der Waals surface area contributed by atoms with Crippen LogP contribution in [0.25, 0.3) is 10.4 Å². The predicted molar refractivity (Wildman–Crippen MR) is 57.4 cm³/mol. The van der Waals surface area contributed by atoms with Gasteiger partial charge in [-0.05, 0) is 17.9 Å². The van der Waals surface area contributed by atoms with Gasteiger partial charge >= 0.3 is 5.97 Å². The molecular weight excluding hydrogens is 210 g/mol. The standard InChI is InChI=1S/C10H17N3O3/c1-5-4-8(12-13-11)10(16-7(3)14)6(2)9(5)15/h5-6,8-10,15H,4H2,1-3H3/t5-,6-,8?,9+,10+/m0/s1. The van der Waals surface area contributed by atoms with Gasteiger partial charge in [0.05, 0.1) is 12.1 Å². The molecule has 1 fully saturated rings. The average molecular weight is 227 g/mol. The fourth-order valence-electron chi connectivity index (χ4n) is 2.27. The molecular formula is C10H17N3O3. The minimum atomic E-state index is -0.533. The Morgan fingerprint density at radius 2 is 2.19 bits per heavy atom. The Morgan fingerprint density at radius 1 is 1.56 bits per heavy atom. The van der Waals surface area contributed by atoms with Crippen LogP contribution in [-0.4, -0.2) is 29.3 Å². The van der Waals surface area contributed by atoms with E-state index in [1.807, 2.05) is 6.92 Å². The van der Waals surface area contributed by atoms with Gasteiger partial charge in [0.2, 0.25) is 0 Å². The maximum Gasteiger partial charge on any atom is 0.302 e. The van der Waals surface area contributed by atoms with Crippen molar-refractivity contribution in [3.63, 3.8) is 0 Å². The Labute approximate surface area is 94.2 Å². The second kappa shape index (κ2) is 5.18. The predicted octanol–water partition coefficient (Wildman–Crippen LogP) is 1.63. The van der Waals surface area contributed by atoms with Gasteiger partial charge in [-0.1, -0.05) is 19.0 Å². The van der Waals surface area contributed by atoms with E-state index >= 15 is 0 Å². The highest BCUT2D eigenvalue weighted by Gasteiger charge is 2.41. The van der Waals surface area contributed by atoms with Crippen molar-refractivity contribution in [2.24, 2.45) is 17.0 Å². The molecule has 0 spiro atoms. The number of ether oxygens (including phenoxy) is 1. The third-order valence-electron chi connectivity index (χ3n) is 3.13. The Balaban J connectivity index is 2.87. The number of aliphatic hydroxyl groups excluding tert-OH is 1. The maximum absolute atomic E-state index is 11.0. The molecule has 1 unspecified atom stereocenters. The molecule has 1 saturated carbocycles. The van der Waals surface area contributed by atoms with E-state index in [0.717, 1.165) is 0 Å². The summed E-state index contributed by atoms with van der Waals surface area (Å²) in [6, 6.07) is -0.387. The molecule has 1 aliphatic carbocycles. The van der Waals surface area contributed by atoms with E-state index in [-0.39, 0.29) is 17.9 Å². The quantitative estimate of drug-likeness (QED) is 0.336. The second-order valence-electron chi connectivity index (χ2n) is 4.41. The van der Waals surface area contributed by atoms with E-state index in [1.54, 1.807) is 6.92 Å². The largest absolute Gasteiger partial charge is 0.462 e. The fraction of sp³-hybridized carbons (Fsp3) is 0.900.